The number of aromatic nitrogens is 8. The zero-order valence-electron chi connectivity index (χ0n) is 49.3. The lowest BCUT2D eigenvalue weighted by molar-refractivity contribution is -0.142. The van der Waals surface area contributed by atoms with E-state index in [-0.39, 0.29) is 58.9 Å². The van der Waals surface area contributed by atoms with Crippen LogP contribution in [-0.4, -0.2) is 140 Å². The van der Waals surface area contributed by atoms with Gasteiger partial charge in [0.2, 0.25) is 11.9 Å². The van der Waals surface area contributed by atoms with Gasteiger partial charge in [0.15, 0.2) is 11.4 Å². The van der Waals surface area contributed by atoms with Crippen molar-refractivity contribution in [3.05, 3.63) is 115 Å². The van der Waals surface area contributed by atoms with Gasteiger partial charge in [0, 0.05) is 84.1 Å². The molecule has 0 bridgehead atoms. The van der Waals surface area contributed by atoms with E-state index < -0.39 is 58.6 Å². The van der Waals surface area contributed by atoms with Gasteiger partial charge in [-0.1, -0.05) is 13.8 Å². The number of nitrogens with zero attached hydrogens (tertiary/aromatic N) is 10. The molecule has 1 fully saturated rings. The van der Waals surface area contributed by atoms with E-state index in [1.165, 1.54) is 38.6 Å². The number of carbonyl (C=O) groups excluding carboxylic acids is 4. The van der Waals surface area contributed by atoms with E-state index in [2.05, 4.69) is 60.3 Å². The number of carbonyl (C=O) groups is 4. The maximum absolute atomic E-state index is 14.3. The Hall–Kier alpha value is -8.92. The van der Waals surface area contributed by atoms with Crippen LogP contribution in [0.3, 0.4) is 0 Å². The highest BCUT2D eigenvalue weighted by Crippen LogP contribution is 2.47. The van der Waals surface area contributed by atoms with Crippen LogP contribution in [-0.2, 0) is 35.0 Å². The molecule has 0 radical (unpaired) electrons. The number of nitrogens with two attached hydrogens (primary N) is 2. The van der Waals surface area contributed by atoms with Crippen molar-refractivity contribution in [2.24, 2.45) is 0 Å². The molecule has 3 aliphatic heterocycles. The highest BCUT2D eigenvalue weighted by molar-refractivity contribution is 6.36. The van der Waals surface area contributed by atoms with Gasteiger partial charge in [-0.05, 0) is 104 Å². The third kappa shape index (κ3) is 13.1. The highest BCUT2D eigenvalue weighted by Gasteiger charge is 2.47. The zero-order chi connectivity index (χ0) is 62.7. The van der Waals surface area contributed by atoms with Crippen LogP contribution in [0.25, 0.3) is 23.3 Å². The molecular weight excluding hydrogens is 1130 g/mol. The molecule has 86 heavy (non-hydrogen) atoms. The quantitative estimate of drug-likeness (QED) is 0.0358. The fourth-order valence-electron chi connectivity index (χ4n) is 10.8. The van der Waals surface area contributed by atoms with E-state index in [4.69, 9.17) is 20.9 Å². The summed E-state index contributed by atoms with van der Waals surface area (Å²) >= 11 is 0. The maximum atomic E-state index is 14.3. The number of ether oxygens (including phenoxy) is 2. The van der Waals surface area contributed by atoms with E-state index >= 15 is 0 Å². The van der Waals surface area contributed by atoms with E-state index in [9.17, 15) is 45.5 Å². The number of alkyl halides is 6. The van der Waals surface area contributed by atoms with E-state index in [1.807, 2.05) is 20.8 Å². The number of aryl methyl sites for hydroxylation is 3. The fourth-order valence-corrected chi connectivity index (χ4v) is 10.8. The van der Waals surface area contributed by atoms with Crippen LogP contribution < -0.4 is 41.4 Å². The van der Waals surface area contributed by atoms with Crippen LogP contribution in [0.15, 0.2) is 24.7 Å². The van der Waals surface area contributed by atoms with Crippen molar-refractivity contribution in [3.8, 4) is 11.5 Å². The molecular formula is C58H68F6N16O6. The standard InChI is InChI=1S/C30H35F3N8O3.C28H33F3N8O3/c1-15-13-36-21(17(3)24(15)44-5)14-41-26-23(25(30(31,32)33)38-29(34)39-26)19(28(41)43)12-20-16(2)22(18(4)37-20)27(42)35-8-11-40-9-6-7-10-40;1-6-38(7-2)9-8-33-25(40)17-10-18(34-13-17)11-19-21-23(28(29,30)31)36-27(32)37-24(21)39(26(19)41)14-20-16(4)22(42-5)15(3)12-35-20/h12-13,37H,6-11,14H2,1-5H3,(H,35,42)(H2,34,38,39);10-13,34H,6-9,14H2,1-5H3,(H,33,40)(H2,32,36,37)/b19-12-;19-11-. The molecule has 22 nitrogen and oxygen atoms in total. The summed E-state index contributed by atoms with van der Waals surface area (Å²) in [5.74, 6) is -2.86. The molecule has 4 amide bonds. The van der Waals surface area contributed by atoms with E-state index in [0.29, 0.717) is 76.2 Å². The smallest absolute Gasteiger partial charge is 0.434 e. The topological polar surface area (TPSA) is 285 Å². The molecule has 3 aliphatic rings. The van der Waals surface area contributed by atoms with Crippen LogP contribution in [0, 0.1) is 41.5 Å². The molecule has 9 heterocycles. The van der Waals surface area contributed by atoms with Crippen LogP contribution in [0.2, 0.25) is 0 Å². The fraction of sp³-hybridized carbons (Fsp3) is 0.414. The summed E-state index contributed by atoms with van der Waals surface area (Å²) in [5.41, 5.74) is 13.0. The maximum Gasteiger partial charge on any atom is 0.434 e. The van der Waals surface area contributed by atoms with Crippen molar-refractivity contribution in [1.82, 2.24) is 60.3 Å². The van der Waals surface area contributed by atoms with Gasteiger partial charge in [-0.25, -0.2) is 9.97 Å². The molecule has 0 saturated carbocycles. The van der Waals surface area contributed by atoms with Crippen molar-refractivity contribution in [1.29, 1.82) is 0 Å². The lowest BCUT2D eigenvalue weighted by Gasteiger charge is -2.19. The van der Waals surface area contributed by atoms with Crippen molar-refractivity contribution < 1.29 is 55.0 Å². The number of nitrogens with one attached hydrogen (secondary N) is 4. The first-order valence-electron chi connectivity index (χ1n) is 27.6. The van der Waals surface area contributed by atoms with Crippen molar-refractivity contribution in [2.75, 3.05) is 87.8 Å². The number of likely N-dealkylation sites (tertiary alicyclic amines) is 1. The van der Waals surface area contributed by atoms with Crippen molar-refractivity contribution >= 4 is 70.5 Å². The number of amides is 4. The zero-order valence-corrected chi connectivity index (χ0v) is 49.3. The van der Waals surface area contributed by atoms with E-state index in [0.717, 1.165) is 66.5 Å². The first-order chi connectivity index (χ1) is 40.7. The van der Waals surface area contributed by atoms with Gasteiger partial charge in [0.1, 0.15) is 23.1 Å². The normalized spacial score (nSPS) is 15.2. The average molecular weight is 1200 g/mol. The van der Waals surface area contributed by atoms with E-state index in [1.54, 1.807) is 47.0 Å². The predicted molar refractivity (Wildman–Crippen MR) is 311 cm³/mol. The first-order valence-corrected chi connectivity index (χ1v) is 27.6. The third-order valence-electron chi connectivity index (χ3n) is 15.2. The third-order valence-corrected chi connectivity index (χ3v) is 15.2. The molecule has 0 aliphatic carbocycles. The number of nitrogen functional groups attached to an aromatic ring is 2. The van der Waals surface area contributed by atoms with Crippen LogP contribution in [0.4, 0.5) is 49.9 Å². The Kier molecular flexibility index (Phi) is 18.9. The van der Waals surface area contributed by atoms with Gasteiger partial charge in [-0.15, -0.1) is 0 Å². The molecule has 9 rings (SSSR count). The van der Waals surface area contributed by atoms with Crippen molar-refractivity contribution in [3.63, 3.8) is 0 Å². The number of hydrogen-bond acceptors (Lipinski definition) is 16. The summed E-state index contributed by atoms with van der Waals surface area (Å²) in [5, 5.41) is 5.75. The number of hydrogen-bond donors (Lipinski definition) is 6. The predicted octanol–water partition coefficient (Wildman–Crippen LogP) is 7.54. The van der Waals surface area contributed by atoms with Gasteiger partial charge in [-0.3, -0.25) is 38.9 Å². The monoisotopic (exact) mass is 1200 g/mol. The number of methoxy groups -OCH3 is 2. The number of anilines is 4. The largest absolute Gasteiger partial charge is 0.496 e. The summed E-state index contributed by atoms with van der Waals surface area (Å²) < 4.78 is 96.3. The highest BCUT2D eigenvalue weighted by atomic mass is 19.4. The number of rotatable bonds is 18. The summed E-state index contributed by atoms with van der Waals surface area (Å²) in [4.78, 5) is 89.8. The number of halogens is 6. The minimum Gasteiger partial charge on any atom is -0.496 e. The van der Waals surface area contributed by atoms with Crippen LogP contribution in [0.5, 0.6) is 11.5 Å². The number of pyridine rings is 2. The summed E-state index contributed by atoms with van der Waals surface area (Å²) in [6.45, 7) is 20.2. The van der Waals surface area contributed by atoms with Crippen LogP contribution in [0.1, 0.15) is 126 Å². The summed E-state index contributed by atoms with van der Waals surface area (Å²) in [6.07, 6.45) is -0.460. The SMILES string of the molecule is CCN(CC)CCNC(=O)c1c[nH]c(/C=C2\C(=O)N(Cc3ncc(C)c(OC)c3C)c3nc(N)nc(C(F)(F)F)c32)c1.COc1c(C)cnc(CN2C(=O)/C(=C\c3[nH]c(C)c(C(=O)NCCN4CCCC4)c3C)c3c2nc(N)nc3C(F)(F)F)c1C. The number of likely N-dealkylation sites (N-methyl/N-ethyl adjacent to an activating group) is 1. The second-order valence-corrected chi connectivity index (χ2v) is 20.8. The Bertz CT molecular complexity index is 3660. The summed E-state index contributed by atoms with van der Waals surface area (Å²) in [7, 11) is 3.00. The second-order valence-electron chi connectivity index (χ2n) is 20.8. The molecule has 0 atom stereocenters. The Labute approximate surface area is 491 Å². The molecule has 1 saturated heterocycles. The molecule has 8 N–H and O–H groups in total. The molecule has 458 valence electrons. The average Bonchev–Trinajstić information content (AvgIpc) is 1.63. The Balaban J connectivity index is 0.000000224. The van der Waals surface area contributed by atoms with Gasteiger partial charge in [-0.2, -0.15) is 36.3 Å². The number of H-pyrrole nitrogens is 2. The molecule has 6 aromatic rings. The molecule has 0 unspecified atom stereocenters. The molecule has 0 spiro atoms. The molecule has 6 aromatic heterocycles. The number of fused-ring (bicyclic) bond motifs is 2. The Morgan fingerprint density at radius 2 is 1.20 bits per heavy atom. The number of aromatic amines is 2. The lowest BCUT2D eigenvalue weighted by atomic mass is 10.0. The Morgan fingerprint density at radius 3 is 1.67 bits per heavy atom. The van der Waals surface area contributed by atoms with Gasteiger partial charge in [0.05, 0.1) is 72.1 Å². The second kappa shape index (κ2) is 25.7. The van der Waals surface area contributed by atoms with Crippen molar-refractivity contribution in [2.45, 2.75) is 93.7 Å². The lowest BCUT2D eigenvalue weighted by Crippen LogP contribution is -2.34. The summed E-state index contributed by atoms with van der Waals surface area (Å²) in [6, 6.07) is 1.46. The minimum absolute atomic E-state index is 0.188. The Morgan fingerprint density at radius 1 is 0.709 bits per heavy atom. The molecule has 28 heteroatoms. The minimum atomic E-state index is -4.93. The molecule has 0 aromatic carbocycles. The van der Waals surface area contributed by atoms with Gasteiger partial charge >= 0.3 is 12.4 Å². The first kappa shape index (κ1) is 63.1. The van der Waals surface area contributed by atoms with Crippen LogP contribution >= 0.6 is 0 Å². The van der Waals surface area contributed by atoms with Gasteiger partial charge in [0.25, 0.3) is 23.6 Å². The van der Waals surface area contributed by atoms with Gasteiger partial charge < -0.3 is 51.3 Å².